The molecule has 0 spiro atoms. The Morgan fingerprint density at radius 2 is 0.760 bits per heavy atom. The van der Waals surface area contributed by atoms with Crippen LogP contribution in [0.1, 0.15) is 34.7 Å². The fourth-order valence-corrected chi connectivity index (χ4v) is 5.29. The Labute approximate surface area is 277 Å². The van der Waals surface area contributed by atoms with E-state index in [2.05, 4.69) is 10.6 Å². The van der Waals surface area contributed by atoms with Crippen LogP contribution in [0.3, 0.4) is 0 Å². The van der Waals surface area contributed by atoms with Gasteiger partial charge in [-0.3, -0.25) is 0 Å². The molecule has 0 saturated heterocycles. The number of hydrogen-bond donors (Lipinski definition) is 2. The Morgan fingerprint density at radius 3 is 1.04 bits per heavy atom. The predicted octanol–water partition coefficient (Wildman–Crippen LogP) is 7.37. The lowest BCUT2D eigenvalue weighted by atomic mass is 10.0. The van der Waals surface area contributed by atoms with Gasteiger partial charge in [0.15, 0.2) is 37.2 Å². The van der Waals surface area contributed by atoms with Gasteiger partial charge in [0.05, 0.1) is 11.4 Å². The minimum absolute atomic E-state index is 0.0522. The first-order valence-electron chi connectivity index (χ1n) is 14.7. The van der Waals surface area contributed by atoms with Crippen molar-refractivity contribution in [2.45, 2.75) is 36.7 Å². The Bertz CT molecular complexity index is 1790. The molecule has 4 heterocycles. The second kappa shape index (κ2) is 12.2. The molecule has 2 unspecified atom stereocenters. The van der Waals surface area contributed by atoms with Crippen LogP contribution in [0.25, 0.3) is 22.5 Å². The van der Waals surface area contributed by atoms with Crippen molar-refractivity contribution in [3.63, 3.8) is 0 Å². The molecule has 0 amide bonds. The van der Waals surface area contributed by atoms with Crippen LogP contribution in [0.5, 0.6) is 0 Å². The van der Waals surface area contributed by atoms with Crippen LogP contribution < -0.4 is 19.8 Å². The molecule has 6 rings (SSSR count). The number of aromatic nitrogens is 2. The summed E-state index contributed by atoms with van der Waals surface area (Å²) in [6.07, 6.45) is -8.70. The monoisotopic (exact) mass is 712 g/mol. The zero-order valence-electron chi connectivity index (χ0n) is 25.9. The molecule has 2 N–H and O–H groups in total. The van der Waals surface area contributed by atoms with E-state index >= 15 is 0 Å². The molecular weight excluding hydrogens is 686 g/mol. The molecule has 6 nitrogen and oxygen atoms in total. The van der Waals surface area contributed by atoms with E-state index in [1.165, 1.54) is 73.3 Å². The molecule has 2 atom stereocenters. The Morgan fingerprint density at radius 1 is 0.460 bits per heavy atom. The molecule has 0 fully saturated rings. The third-order valence-corrected chi connectivity index (χ3v) is 8.05. The fourth-order valence-electron chi connectivity index (χ4n) is 5.29. The van der Waals surface area contributed by atoms with Gasteiger partial charge in [0.2, 0.25) is 11.5 Å². The van der Waals surface area contributed by atoms with Crippen molar-refractivity contribution < 1.29 is 62.5 Å². The number of benzene rings is 2. The van der Waals surface area contributed by atoms with E-state index in [0.717, 1.165) is 0 Å². The maximum absolute atomic E-state index is 14.6. The average molecular weight is 713 g/mol. The Balaban J connectivity index is 1.21. The number of pyridine rings is 2. The molecule has 2 aromatic carbocycles. The summed E-state index contributed by atoms with van der Waals surface area (Å²) < 4.78 is 152. The molecular formula is C34H26F10N4O2+2. The summed E-state index contributed by atoms with van der Waals surface area (Å²) in [5, 5.41) is 5.26. The minimum atomic E-state index is -5.92. The molecule has 262 valence electrons. The third kappa shape index (κ3) is 6.29. The molecule has 4 aromatic rings. The second-order valence-corrected chi connectivity index (χ2v) is 11.6. The van der Waals surface area contributed by atoms with Crippen molar-refractivity contribution in [1.29, 1.82) is 0 Å². The smallest absolute Gasteiger partial charge is 0.461 e. The molecule has 2 aliphatic heterocycles. The Kier molecular flexibility index (Phi) is 8.47. The third-order valence-electron chi connectivity index (χ3n) is 8.05. The van der Waals surface area contributed by atoms with Gasteiger partial charge in [-0.25, -0.2) is 9.13 Å². The van der Waals surface area contributed by atoms with E-state index < -0.39 is 59.6 Å². The van der Waals surface area contributed by atoms with Gasteiger partial charge >= 0.3 is 24.2 Å². The summed E-state index contributed by atoms with van der Waals surface area (Å²) in [6.45, 7) is 0. The van der Waals surface area contributed by atoms with Crippen LogP contribution in [0.2, 0.25) is 0 Å². The topological polar surface area (TPSA) is 50.3 Å². The van der Waals surface area contributed by atoms with E-state index in [9.17, 15) is 43.9 Å². The van der Waals surface area contributed by atoms with Gasteiger partial charge in [0.1, 0.15) is 14.1 Å². The number of alkyl halides is 10. The van der Waals surface area contributed by atoms with Crippen molar-refractivity contribution in [3.8, 4) is 11.1 Å². The van der Waals surface area contributed by atoms with Crippen LogP contribution in [0.15, 0.2) is 109 Å². The van der Waals surface area contributed by atoms with Crippen LogP contribution >= 0.6 is 0 Å². The second-order valence-electron chi connectivity index (χ2n) is 11.6. The maximum atomic E-state index is 14.6. The molecule has 50 heavy (non-hydrogen) atoms. The molecule has 0 radical (unpaired) electrons. The lowest BCUT2D eigenvalue weighted by molar-refractivity contribution is -0.671. The van der Waals surface area contributed by atoms with Gasteiger partial charge in [0, 0.05) is 46.5 Å². The number of aryl methyl sites for hydroxylation is 2. The molecule has 0 aliphatic carbocycles. The van der Waals surface area contributed by atoms with Crippen LogP contribution in [0.4, 0.5) is 43.9 Å². The van der Waals surface area contributed by atoms with Crippen LogP contribution in [-0.2, 0) is 23.6 Å². The van der Waals surface area contributed by atoms with E-state index in [-0.39, 0.29) is 22.3 Å². The molecule has 2 aromatic heterocycles. The summed E-state index contributed by atoms with van der Waals surface area (Å²) >= 11 is 0. The van der Waals surface area contributed by atoms with Crippen molar-refractivity contribution in [3.05, 3.63) is 131 Å². The number of rotatable bonds is 7. The molecule has 2 aliphatic rings. The van der Waals surface area contributed by atoms with E-state index in [0.29, 0.717) is 11.1 Å². The Hall–Kier alpha value is -5.28. The predicted molar refractivity (Wildman–Crippen MR) is 157 cm³/mol. The molecule has 0 saturated carbocycles. The highest BCUT2D eigenvalue weighted by atomic mass is 19.4. The summed E-state index contributed by atoms with van der Waals surface area (Å²) in [7, 11) is 3.29. The lowest BCUT2D eigenvalue weighted by Crippen LogP contribution is -2.39. The number of nitrogens with zero attached hydrogens (tertiary/aromatic N) is 2. The van der Waals surface area contributed by atoms with Gasteiger partial charge in [-0.05, 0) is 11.1 Å². The first-order valence-corrected chi connectivity index (χ1v) is 14.7. The van der Waals surface area contributed by atoms with Gasteiger partial charge in [-0.1, -0.05) is 48.5 Å². The summed E-state index contributed by atoms with van der Waals surface area (Å²) in [5.74, 6) is -13.7. The largest absolute Gasteiger partial charge is 0.462 e. The SMILES string of the molecule is C[n+]1ccc(C2=C(C(F)(F)C(F)(F)F)OC(c3ccc(-c4ccc(C5NC(c6cc[n+](C)cc6)=C(C(F)(F)C(F)(F)F)O5)cc4)cc3)N2)cc1. The normalized spacial score (nSPS) is 18.5. The number of allylic oxidation sites excluding steroid dienone is 2. The van der Waals surface area contributed by atoms with Crippen molar-refractivity contribution >= 4 is 11.4 Å². The average Bonchev–Trinajstić information content (AvgIpc) is 3.72. The van der Waals surface area contributed by atoms with Crippen LogP contribution in [-0.4, -0.2) is 24.2 Å². The van der Waals surface area contributed by atoms with Crippen molar-refractivity contribution in [2.75, 3.05) is 0 Å². The van der Waals surface area contributed by atoms with E-state index in [1.54, 1.807) is 47.5 Å². The van der Waals surface area contributed by atoms with Gasteiger partial charge in [-0.2, -0.15) is 43.9 Å². The van der Waals surface area contributed by atoms with Gasteiger partial charge in [-0.15, -0.1) is 0 Å². The number of nitrogens with one attached hydrogen (secondary N) is 2. The van der Waals surface area contributed by atoms with Gasteiger partial charge < -0.3 is 20.1 Å². The summed E-state index contributed by atoms with van der Waals surface area (Å²) in [4.78, 5) is 0. The molecule has 0 bridgehead atoms. The maximum Gasteiger partial charge on any atom is 0.461 e. The highest BCUT2D eigenvalue weighted by Crippen LogP contribution is 2.49. The first kappa shape index (κ1) is 34.6. The fraction of sp³-hybridized carbons (Fsp3) is 0.235. The minimum Gasteiger partial charge on any atom is -0.462 e. The number of hydrogen-bond acceptors (Lipinski definition) is 4. The zero-order valence-corrected chi connectivity index (χ0v) is 25.9. The highest BCUT2D eigenvalue weighted by molar-refractivity contribution is 5.70. The zero-order chi connectivity index (χ0) is 36.2. The number of halogens is 10. The quantitative estimate of drug-likeness (QED) is 0.155. The highest BCUT2D eigenvalue weighted by Gasteiger charge is 2.65. The summed E-state index contributed by atoms with van der Waals surface area (Å²) in [5.41, 5.74) is 0.643. The standard InChI is InChI=1S/C34H26F10N4O2/c1-47-15-11-21(12-16-47)25-27(31(35,36)33(39,40)41)49-29(45-25)23-7-3-19(4-8-23)20-5-9-24(10-6-20)30-46-26(22-13-17-48(2)18-14-22)28(50-30)32(37,38)34(42,43)44/h3-18,29-30,45-46H,1-2H3/q+2. The van der Waals surface area contributed by atoms with E-state index in [4.69, 9.17) is 9.47 Å². The molecule has 16 heteroatoms. The van der Waals surface area contributed by atoms with Crippen LogP contribution in [0, 0.1) is 0 Å². The van der Waals surface area contributed by atoms with Gasteiger partial charge in [0.25, 0.3) is 0 Å². The lowest BCUT2D eigenvalue weighted by Gasteiger charge is -2.22. The first-order chi connectivity index (χ1) is 23.4. The van der Waals surface area contributed by atoms with Crippen molar-refractivity contribution in [2.24, 2.45) is 14.1 Å². The van der Waals surface area contributed by atoms with Crippen molar-refractivity contribution in [1.82, 2.24) is 10.6 Å². The number of ether oxygens (including phenoxy) is 2. The summed E-state index contributed by atoms with van der Waals surface area (Å²) in [6, 6.07) is 17.5. The van der Waals surface area contributed by atoms with E-state index in [1.807, 2.05) is 0 Å².